The Morgan fingerprint density at radius 1 is 1.32 bits per heavy atom. The largest absolute Gasteiger partial charge is 0.497 e. The highest BCUT2D eigenvalue weighted by atomic mass is 16.5. The maximum absolute atomic E-state index is 12.0. The molecule has 0 saturated heterocycles. The minimum atomic E-state index is -0.723. The van der Waals surface area contributed by atoms with Crippen molar-refractivity contribution in [2.24, 2.45) is 0 Å². The second kappa shape index (κ2) is 7.49. The van der Waals surface area contributed by atoms with E-state index >= 15 is 0 Å². The molecule has 1 saturated carbocycles. The van der Waals surface area contributed by atoms with E-state index in [9.17, 15) is 9.90 Å². The summed E-state index contributed by atoms with van der Waals surface area (Å²) in [6, 6.07) is 7.40. The summed E-state index contributed by atoms with van der Waals surface area (Å²) in [5.41, 5.74) is 0.317. The molecule has 0 spiro atoms. The van der Waals surface area contributed by atoms with E-state index in [-0.39, 0.29) is 12.1 Å². The Morgan fingerprint density at radius 3 is 2.50 bits per heavy atom. The van der Waals surface area contributed by atoms with Crippen LogP contribution in [0.4, 0.5) is 4.79 Å². The average Bonchev–Trinajstić information content (AvgIpc) is 2.98. The molecule has 0 heterocycles. The number of ether oxygens (including phenoxy) is 1. The molecule has 0 radical (unpaired) electrons. The van der Waals surface area contributed by atoms with Gasteiger partial charge in [-0.3, -0.25) is 0 Å². The van der Waals surface area contributed by atoms with Crippen LogP contribution in [0.15, 0.2) is 24.3 Å². The van der Waals surface area contributed by atoms with E-state index in [0.29, 0.717) is 6.54 Å². The molecule has 5 heteroatoms. The third-order valence-corrected chi connectivity index (χ3v) is 4.34. The summed E-state index contributed by atoms with van der Waals surface area (Å²) in [6.07, 6.45) is 4.39. The molecule has 1 aromatic carbocycles. The number of rotatable bonds is 6. The normalized spacial score (nSPS) is 17.8. The minimum absolute atomic E-state index is 0.0517. The summed E-state index contributed by atoms with van der Waals surface area (Å²) >= 11 is 0. The zero-order valence-corrected chi connectivity index (χ0v) is 13.4. The van der Waals surface area contributed by atoms with Gasteiger partial charge in [0.2, 0.25) is 0 Å². The number of hydrogen-bond donors (Lipinski definition) is 3. The minimum Gasteiger partial charge on any atom is -0.497 e. The SMILES string of the molecule is CCC(NC(=O)NCC1(O)CCCC1)c1ccc(OC)cc1. The molecule has 0 bridgehead atoms. The maximum atomic E-state index is 12.0. The molecule has 5 nitrogen and oxygen atoms in total. The molecule has 22 heavy (non-hydrogen) atoms. The highest BCUT2D eigenvalue weighted by Crippen LogP contribution is 2.28. The van der Waals surface area contributed by atoms with Crippen LogP contribution in [0.2, 0.25) is 0 Å². The fourth-order valence-electron chi connectivity index (χ4n) is 2.92. The fourth-order valence-corrected chi connectivity index (χ4v) is 2.92. The number of urea groups is 1. The summed E-state index contributed by atoms with van der Waals surface area (Å²) < 4.78 is 5.14. The van der Waals surface area contributed by atoms with E-state index in [0.717, 1.165) is 43.4 Å². The number of amides is 2. The summed E-state index contributed by atoms with van der Waals surface area (Å²) in [6.45, 7) is 2.34. The third kappa shape index (κ3) is 4.37. The van der Waals surface area contributed by atoms with Gasteiger partial charge in [-0.1, -0.05) is 31.9 Å². The number of benzene rings is 1. The number of carbonyl (C=O) groups excluding carboxylic acids is 1. The summed E-state index contributed by atoms with van der Waals surface area (Å²) in [7, 11) is 1.63. The molecule has 1 aliphatic rings. The molecular weight excluding hydrogens is 280 g/mol. The van der Waals surface area contributed by atoms with Gasteiger partial charge in [0.15, 0.2) is 0 Å². The van der Waals surface area contributed by atoms with Gasteiger partial charge in [-0.2, -0.15) is 0 Å². The molecule has 0 aliphatic heterocycles. The highest BCUT2D eigenvalue weighted by molar-refractivity contribution is 5.74. The predicted octanol–water partition coefficient (Wildman–Crippen LogP) is 2.75. The van der Waals surface area contributed by atoms with Crippen molar-refractivity contribution in [3.05, 3.63) is 29.8 Å². The van der Waals surface area contributed by atoms with Gasteiger partial charge in [0.05, 0.1) is 18.8 Å². The summed E-state index contributed by atoms with van der Waals surface area (Å²) in [5, 5.41) is 16.0. The number of nitrogens with one attached hydrogen (secondary N) is 2. The molecule has 122 valence electrons. The van der Waals surface area contributed by atoms with E-state index in [2.05, 4.69) is 10.6 Å². The maximum Gasteiger partial charge on any atom is 0.315 e. The van der Waals surface area contributed by atoms with Crippen LogP contribution in [0.5, 0.6) is 5.75 Å². The zero-order valence-electron chi connectivity index (χ0n) is 13.4. The Balaban J connectivity index is 1.87. The Morgan fingerprint density at radius 2 is 1.95 bits per heavy atom. The quantitative estimate of drug-likeness (QED) is 0.757. The number of hydrogen-bond acceptors (Lipinski definition) is 3. The van der Waals surface area contributed by atoms with Gasteiger partial charge in [0.1, 0.15) is 5.75 Å². The van der Waals surface area contributed by atoms with Crippen LogP contribution in [0, 0.1) is 0 Å². The summed E-state index contributed by atoms with van der Waals surface area (Å²) in [4.78, 5) is 12.0. The lowest BCUT2D eigenvalue weighted by Crippen LogP contribution is -2.45. The first-order valence-electron chi connectivity index (χ1n) is 7.97. The van der Waals surface area contributed by atoms with Crippen molar-refractivity contribution < 1.29 is 14.6 Å². The van der Waals surface area contributed by atoms with Gasteiger partial charge >= 0.3 is 6.03 Å². The van der Waals surface area contributed by atoms with E-state index in [4.69, 9.17) is 4.74 Å². The van der Waals surface area contributed by atoms with Crippen LogP contribution in [-0.2, 0) is 0 Å². The molecule has 1 atom stereocenters. The number of carbonyl (C=O) groups is 1. The van der Waals surface area contributed by atoms with Crippen molar-refractivity contribution >= 4 is 6.03 Å². The van der Waals surface area contributed by atoms with Gasteiger partial charge in [0.25, 0.3) is 0 Å². The fraction of sp³-hybridized carbons (Fsp3) is 0.588. The molecule has 0 aromatic heterocycles. The molecule has 1 aliphatic carbocycles. The van der Waals surface area contributed by atoms with Crippen molar-refractivity contribution in [3.63, 3.8) is 0 Å². The van der Waals surface area contributed by atoms with Crippen LogP contribution in [0.1, 0.15) is 50.6 Å². The van der Waals surface area contributed by atoms with Crippen LogP contribution in [0.25, 0.3) is 0 Å². The van der Waals surface area contributed by atoms with Gasteiger partial charge in [-0.15, -0.1) is 0 Å². The molecule has 1 aromatic rings. The van der Waals surface area contributed by atoms with E-state index in [1.165, 1.54) is 0 Å². The molecule has 1 fully saturated rings. The second-order valence-corrected chi connectivity index (χ2v) is 5.99. The standard InChI is InChI=1S/C17H26N2O3/c1-3-15(13-6-8-14(22-2)9-7-13)19-16(20)18-12-17(21)10-4-5-11-17/h6-9,15,21H,3-5,10-12H2,1-2H3,(H2,18,19,20). The smallest absolute Gasteiger partial charge is 0.315 e. The first-order valence-corrected chi connectivity index (χ1v) is 7.97. The van der Waals surface area contributed by atoms with Gasteiger partial charge in [-0.25, -0.2) is 4.79 Å². The van der Waals surface area contributed by atoms with Crippen molar-refractivity contribution in [2.45, 2.75) is 50.7 Å². The van der Waals surface area contributed by atoms with Gasteiger partial charge in [0, 0.05) is 6.54 Å². The molecule has 2 rings (SSSR count). The van der Waals surface area contributed by atoms with Crippen molar-refractivity contribution in [1.29, 1.82) is 0 Å². The van der Waals surface area contributed by atoms with Crippen LogP contribution >= 0.6 is 0 Å². The third-order valence-electron chi connectivity index (χ3n) is 4.34. The Bertz CT molecular complexity index is 481. The van der Waals surface area contributed by atoms with Crippen LogP contribution in [0.3, 0.4) is 0 Å². The van der Waals surface area contributed by atoms with Crippen molar-refractivity contribution in [3.8, 4) is 5.75 Å². The molecule has 3 N–H and O–H groups in total. The van der Waals surface area contributed by atoms with Crippen molar-refractivity contribution in [2.75, 3.05) is 13.7 Å². The Hall–Kier alpha value is -1.75. The lowest BCUT2D eigenvalue weighted by atomic mass is 10.0. The molecular formula is C17H26N2O3. The first-order chi connectivity index (χ1) is 10.6. The predicted molar refractivity (Wildman–Crippen MR) is 86.0 cm³/mol. The lowest BCUT2D eigenvalue weighted by molar-refractivity contribution is 0.0500. The van der Waals surface area contributed by atoms with Crippen LogP contribution in [-0.4, -0.2) is 30.4 Å². The van der Waals surface area contributed by atoms with Gasteiger partial charge < -0.3 is 20.5 Å². The molecule has 2 amide bonds. The molecule has 1 unspecified atom stereocenters. The monoisotopic (exact) mass is 306 g/mol. The van der Waals surface area contributed by atoms with E-state index in [1.807, 2.05) is 31.2 Å². The topological polar surface area (TPSA) is 70.6 Å². The number of methoxy groups -OCH3 is 1. The van der Waals surface area contributed by atoms with E-state index < -0.39 is 5.60 Å². The highest BCUT2D eigenvalue weighted by Gasteiger charge is 2.31. The van der Waals surface area contributed by atoms with Crippen molar-refractivity contribution in [1.82, 2.24) is 10.6 Å². The zero-order chi connectivity index (χ0) is 16.0. The number of aliphatic hydroxyl groups is 1. The Kier molecular flexibility index (Phi) is 5.66. The van der Waals surface area contributed by atoms with Gasteiger partial charge in [-0.05, 0) is 37.0 Å². The Labute approximate surface area is 132 Å². The lowest BCUT2D eigenvalue weighted by Gasteiger charge is -2.24. The summed E-state index contributed by atoms with van der Waals surface area (Å²) in [5.74, 6) is 0.798. The van der Waals surface area contributed by atoms with E-state index in [1.54, 1.807) is 7.11 Å². The average molecular weight is 306 g/mol. The second-order valence-electron chi connectivity index (χ2n) is 5.99. The first kappa shape index (κ1) is 16.6. The van der Waals surface area contributed by atoms with Crippen LogP contribution < -0.4 is 15.4 Å².